The van der Waals surface area contributed by atoms with Gasteiger partial charge in [-0.15, -0.1) is 22.7 Å². The molecule has 0 aliphatic heterocycles. The summed E-state index contributed by atoms with van der Waals surface area (Å²) >= 11 is 10.4. The van der Waals surface area contributed by atoms with Crippen LogP contribution in [0, 0.1) is 0 Å². The van der Waals surface area contributed by atoms with Crippen LogP contribution >= 0.6 is 54.5 Å². The first-order chi connectivity index (χ1) is 61.8. The molecule has 704 valence electrons. The number of alkyl carbamates (subject to hydrolysis) is 3. The number of benzene rings is 8. The number of aromatic hydroxyl groups is 1. The molecule has 28 nitrogen and oxygen atoms in total. The van der Waals surface area contributed by atoms with Gasteiger partial charge >= 0.3 is 25.4 Å². The van der Waals surface area contributed by atoms with Crippen molar-refractivity contribution in [3.63, 3.8) is 0 Å². The SMILES string of the molecule is CCCCOc1cc(Br)cc(OCCCNC(=O)OC(C)(C)C)c1.CCCCOc1cc(Br)cc(OCCCNC(=O)OC(C)(C)C)c1OCCCNC(=O)OC(C)(C)C.NCCCOc1cc(OCCCN)cc(-c2ccc3sc4ccc(-c5cc(OCCCN)c(OCCCN)c(OCCCN)c5)cc4c3c2)c1.OB(O)c1ccc2sc3ccc(O)cc3c2c1.[B]O. The lowest BCUT2D eigenvalue weighted by Crippen LogP contribution is -2.33. The summed E-state index contributed by atoms with van der Waals surface area (Å²) in [6.07, 6.45) is 8.27. The van der Waals surface area contributed by atoms with Gasteiger partial charge in [0.05, 0.1) is 66.1 Å². The summed E-state index contributed by atoms with van der Waals surface area (Å²) in [4.78, 5) is 35.1. The zero-order valence-corrected chi connectivity index (χ0v) is 81.2. The van der Waals surface area contributed by atoms with Crippen LogP contribution in [0.3, 0.4) is 0 Å². The number of fused-ring (bicyclic) bond motifs is 6. The van der Waals surface area contributed by atoms with Gasteiger partial charge in [-0.2, -0.15) is 0 Å². The number of nitrogens with two attached hydrogens (primary N) is 5. The minimum absolute atomic E-state index is 0.215. The molecule has 34 heteroatoms. The van der Waals surface area contributed by atoms with Crippen molar-refractivity contribution >= 4 is 134 Å². The lowest BCUT2D eigenvalue weighted by Gasteiger charge is -2.20. The zero-order chi connectivity index (χ0) is 94.3. The van der Waals surface area contributed by atoms with Gasteiger partial charge in [-0.3, -0.25) is 0 Å². The topological polar surface area (TPSA) is 418 Å². The van der Waals surface area contributed by atoms with Gasteiger partial charge in [0.15, 0.2) is 23.0 Å². The molecular formula is C95H132B2Br2N8O20S2. The fourth-order valence-corrected chi connectivity index (χ4v) is 15.0. The molecular weight excluding hydrogens is 1820 g/mol. The Kier molecular flexibility index (Phi) is 48.4. The second kappa shape index (κ2) is 57.7. The number of thiophene rings is 2. The van der Waals surface area contributed by atoms with E-state index in [1.165, 1.54) is 20.2 Å². The van der Waals surface area contributed by atoms with Crippen LogP contribution in [0.25, 0.3) is 62.6 Å². The quantitative estimate of drug-likeness (QED) is 0.00957. The molecule has 17 N–H and O–H groups in total. The summed E-state index contributed by atoms with van der Waals surface area (Å²) in [6, 6.07) is 43.1. The molecule has 0 saturated heterocycles. The molecule has 2 aromatic heterocycles. The van der Waals surface area contributed by atoms with Crippen LogP contribution < -0.4 is 97.5 Å². The Labute approximate surface area is 785 Å². The molecule has 0 aliphatic carbocycles. The Morgan fingerprint density at radius 3 is 1.03 bits per heavy atom. The van der Waals surface area contributed by atoms with Crippen molar-refractivity contribution in [2.45, 2.75) is 170 Å². The number of hydrogen-bond acceptors (Lipinski definition) is 27. The van der Waals surface area contributed by atoms with Gasteiger partial charge < -0.3 is 126 Å². The Morgan fingerprint density at radius 2 is 0.651 bits per heavy atom. The molecule has 0 atom stereocenters. The summed E-state index contributed by atoms with van der Waals surface area (Å²) in [5.74, 6) is 6.68. The van der Waals surface area contributed by atoms with Crippen molar-refractivity contribution in [3.8, 4) is 85.5 Å². The molecule has 129 heavy (non-hydrogen) atoms. The Bertz CT molecular complexity index is 4970. The lowest BCUT2D eigenvalue weighted by molar-refractivity contribution is 0.0513. The van der Waals surface area contributed by atoms with Crippen LogP contribution in [0.2, 0.25) is 0 Å². The van der Waals surface area contributed by atoms with E-state index in [1.807, 2.05) is 123 Å². The van der Waals surface area contributed by atoms with Gasteiger partial charge in [-0.25, -0.2) is 14.4 Å². The van der Waals surface area contributed by atoms with E-state index >= 15 is 0 Å². The maximum Gasteiger partial charge on any atom is 0.488 e. The molecule has 8 aromatic carbocycles. The van der Waals surface area contributed by atoms with Crippen molar-refractivity contribution in [1.29, 1.82) is 0 Å². The molecule has 2 radical (unpaired) electrons. The first-order valence-corrected chi connectivity index (χ1v) is 47.0. The molecule has 0 spiro atoms. The van der Waals surface area contributed by atoms with E-state index < -0.39 is 42.2 Å². The van der Waals surface area contributed by atoms with Gasteiger partial charge in [-0.1, -0.05) is 82.8 Å². The second-order valence-corrected chi connectivity index (χ2v) is 36.5. The zero-order valence-electron chi connectivity index (χ0n) is 76.3. The normalized spacial score (nSPS) is 11.1. The fraction of sp³-hybridized carbons (Fsp3) is 0.463. The van der Waals surface area contributed by atoms with Gasteiger partial charge in [0.2, 0.25) is 11.5 Å². The van der Waals surface area contributed by atoms with E-state index in [0.29, 0.717) is 184 Å². The summed E-state index contributed by atoms with van der Waals surface area (Å²) in [7, 11) is 2.03. The smallest absolute Gasteiger partial charge is 0.488 e. The first-order valence-electron chi connectivity index (χ1n) is 43.7. The average Bonchev–Trinajstić information content (AvgIpc) is 1.63. The number of ether oxygens (including phenoxy) is 13. The maximum absolute atomic E-state index is 11.8. The summed E-state index contributed by atoms with van der Waals surface area (Å²) < 4.78 is 82.0. The van der Waals surface area contributed by atoms with Gasteiger partial charge in [0, 0.05) is 81.1 Å². The van der Waals surface area contributed by atoms with Crippen molar-refractivity contribution < 1.29 is 96.1 Å². The van der Waals surface area contributed by atoms with E-state index in [2.05, 4.69) is 118 Å². The van der Waals surface area contributed by atoms with Crippen LogP contribution in [-0.2, 0) is 14.2 Å². The number of carbonyl (C=O) groups excluding carboxylic acids is 3. The average molecular weight is 1950 g/mol. The highest BCUT2D eigenvalue weighted by Gasteiger charge is 2.24. The third-order valence-corrected chi connectivity index (χ3v) is 21.2. The highest BCUT2D eigenvalue weighted by Crippen LogP contribution is 2.46. The predicted octanol–water partition coefficient (Wildman–Crippen LogP) is 17.7. The van der Waals surface area contributed by atoms with E-state index in [1.54, 1.807) is 46.9 Å². The number of phenols is 1. The first kappa shape index (κ1) is 108. The molecule has 0 fully saturated rings. The molecule has 10 rings (SSSR count). The number of carbonyl (C=O) groups is 3. The number of halogens is 2. The van der Waals surface area contributed by atoms with Gasteiger partial charge in [0.25, 0.3) is 8.05 Å². The van der Waals surface area contributed by atoms with E-state index in [4.69, 9.17) is 105 Å². The van der Waals surface area contributed by atoms with E-state index in [-0.39, 0.29) is 5.75 Å². The van der Waals surface area contributed by atoms with Crippen molar-refractivity contribution in [2.75, 3.05) is 118 Å². The van der Waals surface area contributed by atoms with E-state index in [0.717, 1.165) is 126 Å². The highest BCUT2D eigenvalue weighted by molar-refractivity contribution is 9.10. The Balaban J connectivity index is 0.000000283. The van der Waals surface area contributed by atoms with Crippen LogP contribution in [0.15, 0.2) is 142 Å². The van der Waals surface area contributed by atoms with Crippen molar-refractivity contribution in [1.82, 2.24) is 16.0 Å². The Morgan fingerprint density at radius 1 is 0.357 bits per heavy atom. The maximum atomic E-state index is 11.8. The minimum Gasteiger partial charge on any atom is -0.508 e. The van der Waals surface area contributed by atoms with Crippen LogP contribution in [-0.4, -0.2) is 189 Å². The number of rotatable bonds is 46. The largest absolute Gasteiger partial charge is 0.508 e. The lowest BCUT2D eigenvalue weighted by atomic mass is 9.80. The Hall–Kier alpha value is -9.42. The molecule has 0 saturated carbocycles. The summed E-state index contributed by atoms with van der Waals surface area (Å²) in [6.45, 7) is 29.6. The van der Waals surface area contributed by atoms with Crippen molar-refractivity contribution in [2.24, 2.45) is 28.7 Å². The van der Waals surface area contributed by atoms with Crippen LogP contribution in [0.1, 0.15) is 153 Å². The van der Waals surface area contributed by atoms with Gasteiger partial charge in [0.1, 0.15) is 45.6 Å². The van der Waals surface area contributed by atoms with Crippen molar-refractivity contribution in [3.05, 3.63) is 142 Å². The van der Waals surface area contributed by atoms with Gasteiger partial charge in [-0.05, 0) is 284 Å². The third-order valence-electron chi connectivity index (χ3n) is 17.9. The number of nitrogens with one attached hydrogen (secondary N) is 3. The van der Waals surface area contributed by atoms with Crippen LogP contribution in [0.5, 0.6) is 63.2 Å². The van der Waals surface area contributed by atoms with Crippen LogP contribution in [0.4, 0.5) is 14.4 Å². The molecule has 3 amide bonds. The molecule has 2 heterocycles. The standard InChI is InChI=1S/C39H51N5O5S.C26H43BrN2O7.C18H28BrNO4.C12H9BO3S.BHO/c40-10-1-15-45-31-20-29(21-32(26-31)46-16-2-11-41)27-6-8-37-33(22-27)34-23-28(7-9-38(34)50-37)30-24-35(47-17-3-12-42)39(49-19-5-14-44)36(25-30)48-18-4-13-43;1-8-9-14-32-20-17-19(27)18-21(33-15-10-12-28-23(30)35-25(2,3)4)22(20)34-16-11-13-29-24(31)36-26(5,6)7;1-5-6-9-22-15-11-14(19)12-16(13-15)23-10-7-8-20-17(21)24-18(2,3)4;14-8-2-4-12-10(6-8)9-5-7(13(15)16)1-3-11(9)17-12;1-2/h6-9,20-26H,1-5,10-19,40-44H2;17-18H,8-16H2,1-7H3,(H,28,30)(H,29,31);11-13H,5-10H2,1-4H3,(H,20,21);1-6,14-16H;2H. The number of amides is 3. The fourth-order valence-electron chi connectivity index (χ4n) is 12.0. The monoisotopic (exact) mass is 1950 g/mol. The number of unbranched alkanes of at least 4 members (excludes halogenated alkanes) is 2. The third kappa shape index (κ3) is 40.1. The van der Waals surface area contributed by atoms with E-state index in [9.17, 15) is 19.5 Å². The molecule has 0 aliphatic rings. The minimum atomic E-state index is -1.47. The molecule has 0 unspecified atom stereocenters. The molecule has 0 bridgehead atoms. The summed E-state index contributed by atoms with van der Waals surface area (Å²) in [5, 5.41) is 46.7. The highest BCUT2D eigenvalue weighted by atomic mass is 79.9. The summed E-state index contributed by atoms with van der Waals surface area (Å²) in [5.41, 5.74) is 31.7. The number of hydrogen-bond donors (Lipinski definition) is 12. The second-order valence-electron chi connectivity index (χ2n) is 32.5. The molecule has 10 aromatic rings. The predicted molar refractivity (Wildman–Crippen MR) is 527 cm³/mol. The number of phenolic OH excluding ortho intramolecular Hbond substituents is 1.